The zero-order valence-electron chi connectivity index (χ0n) is 10.9. The van der Waals surface area contributed by atoms with Crippen molar-refractivity contribution in [3.05, 3.63) is 47.3 Å². The van der Waals surface area contributed by atoms with Crippen LogP contribution in [0.15, 0.2) is 30.6 Å². The molecule has 0 radical (unpaired) electrons. The molecule has 0 fully saturated rings. The van der Waals surface area contributed by atoms with E-state index in [2.05, 4.69) is 26.7 Å². The summed E-state index contributed by atoms with van der Waals surface area (Å²) >= 11 is 0. The van der Waals surface area contributed by atoms with Gasteiger partial charge in [0.25, 0.3) is 5.91 Å². The van der Waals surface area contributed by atoms with Crippen molar-refractivity contribution in [2.24, 2.45) is 0 Å². The summed E-state index contributed by atoms with van der Waals surface area (Å²) in [6.45, 7) is 1.84. The molecule has 1 aliphatic heterocycles. The Labute approximate surface area is 116 Å². The van der Waals surface area contributed by atoms with E-state index >= 15 is 0 Å². The quantitative estimate of drug-likeness (QED) is 0.755. The third-order valence-corrected chi connectivity index (χ3v) is 3.28. The van der Waals surface area contributed by atoms with Crippen LogP contribution >= 0.6 is 0 Å². The molecule has 1 amide bonds. The van der Waals surface area contributed by atoms with Crippen LogP contribution in [0.3, 0.4) is 0 Å². The van der Waals surface area contributed by atoms with Crippen molar-refractivity contribution >= 4 is 17.5 Å². The fourth-order valence-electron chi connectivity index (χ4n) is 2.22. The summed E-state index contributed by atoms with van der Waals surface area (Å²) in [6.07, 6.45) is 3.85. The standard InChI is InChI=1S/C14H15N5O/c15-14-17-7-11(8-18-14)13(20)19-12-2-1-9-3-4-16-6-10(9)5-12/h1-2,5,7-8,16H,3-4,6H2,(H,19,20)(H2,15,17,18). The maximum atomic E-state index is 12.0. The second-order valence-electron chi connectivity index (χ2n) is 4.69. The summed E-state index contributed by atoms with van der Waals surface area (Å²) in [5.74, 6) is -0.0878. The number of nitrogens with zero attached hydrogens (tertiary/aromatic N) is 2. The minimum Gasteiger partial charge on any atom is -0.368 e. The number of nitrogens with one attached hydrogen (secondary N) is 2. The normalized spacial score (nSPS) is 13.6. The average molecular weight is 269 g/mol. The fourth-order valence-corrected chi connectivity index (χ4v) is 2.22. The summed E-state index contributed by atoms with van der Waals surface area (Å²) in [4.78, 5) is 19.7. The molecule has 1 aliphatic rings. The van der Waals surface area contributed by atoms with Gasteiger partial charge in [-0.1, -0.05) is 6.07 Å². The van der Waals surface area contributed by atoms with Gasteiger partial charge in [-0.25, -0.2) is 9.97 Å². The molecule has 6 heteroatoms. The van der Waals surface area contributed by atoms with Crippen molar-refractivity contribution in [3.63, 3.8) is 0 Å². The highest BCUT2D eigenvalue weighted by molar-refractivity contribution is 6.03. The maximum Gasteiger partial charge on any atom is 0.258 e. The van der Waals surface area contributed by atoms with Crippen LogP contribution in [0.5, 0.6) is 0 Å². The first-order valence-corrected chi connectivity index (χ1v) is 6.44. The third kappa shape index (κ3) is 2.60. The summed E-state index contributed by atoms with van der Waals surface area (Å²) in [6, 6.07) is 5.98. The highest BCUT2D eigenvalue weighted by Crippen LogP contribution is 2.19. The molecule has 0 saturated carbocycles. The van der Waals surface area contributed by atoms with E-state index in [1.165, 1.54) is 23.5 Å². The summed E-state index contributed by atoms with van der Waals surface area (Å²) in [5.41, 5.74) is 9.11. The van der Waals surface area contributed by atoms with Gasteiger partial charge in [0.15, 0.2) is 0 Å². The van der Waals surface area contributed by atoms with Crippen LogP contribution in [0.4, 0.5) is 11.6 Å². The molecule has 1 aromatic carbocycles. The maximum absolute atomic E-state index is 12.0. The number of carbonyl (C=O) groups is 1. The van der Waals surface area contributed by atoms with Crippen LogP contribution in [-0.4, -0.2) is 22.4 Å². The van der Waals surface area contributed by atoms with E-state index in [1.807, 2.05) is 12.1 Å². The van der Waals surface area contributed by atoms with Crippen LogP contribution in [0.2, 0.25) is 0 Å². The van der Waals surface area contributed by atoms with Crippen molar-refractivity contribution in [2.45, 2.75) is 13.0 Å². The van der Waals surface area contributed by atoms with E-state index in [4.69, 9.17) is 5.73 Å². The number of hydrogen-bond donors (Lipinski definition) is 3. The van der Waals surface area contributed by atoms with Crippen molar-refractivity contribution in [1.82, 2.24) is 15.3 Å². The molecule has 1 aromatic heterocycles. The Kier molecular flexibility index (Phi) is 3.30. The molecule has 2 heterocycles. The molecule has 20 heavy (non-hydrogen) atoms. The lowest BCUT2D eigenvalue weighted by atomic mass is 10.0. The van der Waals surface area contributed by atoms with Crippen molar-refractivity contribution in [1.29, 1.82) is 0 Å². The van der Waals surface area contributed by atoms with Gasteiger partial charge >= 0.3 is 0 Å². The van der Waals surface area contributed by atoms with E-state index in [9.17, 15) is 4.79 Å². The van der Waals surface area contributed by atoms with Gasteiger partial charge in [0.05, 0.1) is 5.56 Å². The van der Waals surface area contributed by atoms with Crippen LogP contribution < -0.4 is 16.4 Å². The first kappa shape index (κ1) is 12.6. The molecule has 0 aliphatic carbocycles. The Morgan fingerprint density at radius 3 is 2.85 bits per heavy atom. The first-order valence-electron chi connectivity index (χ1n) is 6.44. The number of nitrogen functional groups attached to an aromatic ring is 1. The first-order chi connectivity index (χ1) is 9.72. The monoisotopic (exact) mass is 269 g/mol. The largest absolute Gasteiger partial charge is 0.368 e. The second-order valence-corrected chi connectivity index (χ2v) is 4.69. The van der Waals surface area contributed by atoms with Crippen molar-refractivity contribution in [2.75, 3.05) is 17.6 Å². The lowest BCUT2D eigenvalue weighted by molar-refractivity contribution is 0.102. The number of hydrogen-bond acceptors (Lipinski definition) is 5. The third-order valence-electron chi connectivity index (χ3n) is 3.28. The van der Waals surface area contributed by atoms with Gasteiger partial charge in [-0.2, -0.15) is 0 Å². The van der Waals surface area contributed by atoms with E-state index in [0.29, 0.717) is 5.56 Å². The topological polar surface area (TPSA) is 92.9 Å². The van der Waals surface area contributed by atoms with Gasteiger partial charge in [0.1, 0.15) is 0 Å². The van der Waals surface area contributed by atoms with Crippen molar-refractivity contribution in [3.8, 4) is 0 Å². The van der Waals surface area contributed by atoms with Crippen LogP contribution in [0.1, 0.15) is 21.5 Å². The zero-order valence-corrected chi connectivity index (χ0v) is 10.9. The molecular weight excluding hydrogens is 254 g/mol. The van der Waals surface area contributed by atoms with Gasteiger partial charge < -0.3 is 16.4 Å². The van der Waals surface area contributed by atoms with Gasteiger partial charge in [0.2, 0.25) is 5.95 Å². The number of carbonyl (C=O) groups excluding carboxylic acids is 1. The molecule has 6 nitrogen and oxygen atoms in total. The number of fused-ring (bicyclic) bond motifs is 1. The highest BCUT2D eigenvalue weighted by atomic mass is 16.1. The van der Waals surface area contributed by atoms with E-state index in [1.54, 1.807) is 0 Å². The highest BCUT2D eigenvalue weighted by Gasteiger charge is 2.11. The van der Waals surface area contributed by atoms with E-state index < -0.39 is 0 Å². The number of amides is 1. The second kappa shape index (κ2) is 5.26. The smallest absolute Gasteiger partial charge is 0.258 e. The van der Waals surface area contributed by atoms with Crippen LogP contribution in [0.25, 0.3) is 0 Å². The Morgan fingerprint density at radius 1 is 1.25 bits per heavy atom. The number of nitrogens with two attached hydrogens (primary N) is 1. The molecule has 102 valence electrons. The van der Waals surface area contributed by atoms with Gasteiger partial charge in [-0.05, 0) is 36.2 Å². The molecule has 0 saturated heterocycles. The Bertz CT molecular complexity index is 639. The molecule has 0 bridgehead atoms. The number of benzene rings is 1. The minimum absolute atomic E-state index is 0.154. The van der Waals surface area contributed by atoms with Crippen LogP contribution in [0, 0.1) is 0 Å². The van der Waals surface area contributed by atoms with Gasteiger partial charge in [0, 0.05) is 24.6 Å². The fraction of sp³-hybridized carbons (Fsp3) is 0.214. The number of rotatable bonds is 2. The van der Waals surface area contributed by atoms with Crippen molar-refractivity contribution < 1.29 is 4.79 Å². The SMILES string of the molecule is Nc1ncc(C(=O)Nc2ccc3c(c2)CNCC3)cn1. The Hall–Kier alpha value is -2.47. The predicted molar refractivity (Wildman–Crippen MR) is 76.3 cm³/mol. The van der Waals surface area contributed by atoms with E-state index in [-0.39, 0.29) is 11.9 Å². The van der Waals surface area contributed by atoms with Crippen LogP contribution in [-0.2, 0) is 13.0 Å². The molecule has 2 aromatic rings. The van der Waals surface area contributed by atoms with E-state index in [0.717, 1.165) is 25.2 Å². The number of aromatic nitrogens is 2. The zero-order chi connectivity index (χ0) is 13.9. The molecule has 0 unspecified atom stereocenters. The molecule has 0 atom stereocenters. The minimum atomic E-state index is -0.242. The molecule has 3 rings (SSSR count). The predicted octanol–water partition coefficient (Wildman–Crippen LogP) is 0.957. The lowest BCUT2D eigenvalue weighted by Gasteiger charge is -2.18. The van der Waals surface area contributed by atoms with Gasteiger partial charge in [-0.15, -0.1) is 0 Å². The summed E-state index contributed by atoms with van der Waals surface area (Å²) in [5, 5.41) is 6.15. The average Bonchev–Trinajstić information content (AvgIpc) is 2.48. The number of anilines is 2. The molecule has 0 spiro atoms. The molecular formula is C14H15N5O. The summed E-state index contributed by atoms with van der Waals surface area (Å²) < 4.78 is 0. The molecule has 4 N–H and O–H groups in total. The Balaban J connectivity index is 1.77. The van der Waals surface area contributed by atoms with Gasteiger partial charge in [-0.3, -0.25) is 4.79 Å². The Morgan fingerprint density at radius 2 is 2.05 bits per heavy atom. The summed E-state index contributed by atoms with van der Waals surface area (Å²) in [7, 11) is 0. The lowest BCUT2D eigenvalue weighted by Crippen LogP contribution is -2.23.